The molecule has 0 aliphatic rings. The van der Waals surface area contributed by atoms with E-state index >= 15 is 0 Å². The number of hydrogen-bond acceptors (Lipinski definition) is 14. The lowest BCUT2D eigenvalue weighted by Crippen LogP contribution is -2.16. The summed E-state index contributed by atoms with van der Waals surface area (Å²) < 4.78 is 26.4. The molecule has 0 radical (unpaired) electrons. The summed E-state index contributed by atoms with van der Waals surface area (Å²) >= 11 is 3.09. The number of nitrogens with one attached hydrogen (secondary N) is 2. The van der Waals surface area contributed by atoms with Crippen LogP contribution in [-0.4, -0.2) is 74.2 Å². The van der Waals surface area contributed by atoms with Gasteiger partial charge in [0.2, 0.25) is 16.8 Å². The maximum absolute atomic E-state index is 12.8. The molecule has 2 aromatic heterocycles. The smallest absolute Gasteiger partial charge is 0.348 e. The molecule has 0 aliphatic carbocycles. The van der Waals surface area contributed by atoms with Crippen LogP contribution in [0.15, 0.2) is 16.5 Å². The summed E-state index contributed by atoms with van der Waals surface area (Å²) in [5.41, 5.74) is 0.714. The minimum atomic E-state index is -0.656. The summed E-state index contributed by atoms with van der Waals surface area (Å²) in [6.45, 7) is 5.21. The monoisotopic (exact) mass is 624 g/mol. The van der Waals surface area contributed by atoms with Gasteiger partial charge in [-0.15, -0.1) is 21.5 Å². The van der Waals surface area contributed by atoms with Crippen LogP contribution >= 0.6 is 34.4 Å². The zero-order valence-electron chi connectivity index (χ0n) is 23.1. The van der Waals surface area contributed by atoms with Gasteiger partial charge in [-0.1, -0.05) is 23.1 Å². The van der Waals surface area contributed by atoms with Gasteiger partial charge in [0.15, 0.2) is 15.8 Å². The Bertz CT molecular complexity index is 1410. The molecule has 0 spiro atoms. The summed E-state index contributed by atoms with van der Waals surface area (Å²) in [4.78, 5) is 50.6. The number of carbonyl (C=O) groups excluding carboxylic acids is 4. The number of anilines is 2. The van der Waals surface area contributed by atoms with E-state index in [1.165, 1.54) is 33.5 Å². The third-order valence-corrected chi connectivity index (χ3v) is 8.38. The third-order valence-electron chi connectivity index (χ3n) is 5.22. The molecule has 0 fully saturated rings. The van der Waals surface area contributed by atoms with E-state index in [9.17, 15) is 19.2 Å². The predicted octanol–water partition coefficient (Wildman–Crippen LogP) is 4.27. The lowest BCUT2D eigenvalue weighted by molar-refractivity contribution is -0.113. The topological polar surface area (TPSA) is 164 Å². The number of amides is 2. The lowest BCUT2D eigenvalue weighted by atomic mass is 10.1. The first kappa shape index (κ1) is 31.6. The molecule has 2 heterocycles. The minimum absolute atomic E-state index is 0.0800. The second-order valence-electron chi connectivity index (χ2n) is 7.78. The molecule has 0 aliphatic heterocycles. The van der Waals surface area contributed by atoms with E-state index in [0.717, 1.165) is 34.4 Å². The van der Waals surface area contributed by atoms with Crippen LogP contribution in [0.4, 0.5) is 10.1 Å². The van der Waals surface area contributed by atoms with Crippen LogP contribution in [0.2, 0.25) is 0 Å². The number of nitrogens with zero attached hydrogens (tertiary/aromatic N) is 2. The predicted molar refractivity (Wildman–Crippen MR) is 154 cm³/mol. The molecule has 0 saturated carbocycles. The Hall–Kier alpha value is -3.89. The van der Waals surface area contributed by atoms with Crippen LogP contribution in [-0.2, 0) is 14.3 Å². The van der Waals surface area contributed by atoms with Gasteiger partial charge < -0.3 is 29.0 Å². The van der Waals surface area contributed by atoms with E-state index in [4.69, 9.17) is 23.7 Å². The molecule has 13 nitrogen and oxygen atoms in total. The van der Waals surface area contributed by atoms with Crippen molar-refractivity contribution in [2.45, 2.75) is 25.1 Å². The number of carbonyl (C=O) groups is 4. The van der Waals surface area contributed by atoms with Crippen molar-refractivity contribution in [2.75, 3.05) is 50.9 Å². The molecule has 41 heavy (non-hydrogen) atoms. The maximum Gasteiger partial charge on any atom is 0.348 e. The van der Waals surface area contributed by atoms with Crippen LogP contribution in [0.3, 0.4) is 0 Å². The molecule has 3 aromatic rings. The standard InChI is InChI=1S/C25H28N4O9S3/c1-7-37-22(32)17-12(3)19(23(33)38-8-2)40-21(17)26-16(30)11-39-25-29-28-24(41-25)27-20(31)13-9-14(34-4)18(36-6)15(10-13)35-5/h9-10H,7-8,11H2,1-6H3,(H,26,30)(H,27,28,31). The molecule has 2 N–H and O–H groups in total. The third kappa shape index (κ3) is 7.65. The first-order valence-electron chi connectivity index (χ1n) is 12.0. The lowest BCUT2D eigenvalue weighted by Gasteiger charge is -2.13. The van der Waals surface area contributed by atoms with Crippen LogP contribution in [0, 0.1) is 6.92 Å². The number of hydrogen-bond donors (Lipinski definition) is 2. The molecule has 2 amide bonds. The van der Waals surface area contributed by atoms with E-state index in [1.807, 2.05) is 0 Å². The zero-order chi connectivity index (χ0) is 30.1. The largest absolute Gasteiger partial charge is 0.493 e. The van der Waals surface area contributed by atoms with Crippen LogP contribution < -0.4 is 24.8 Å². The van der Waals surface area contributed by atoms with Crippen molar-refractivity contribution in [3.8, 4) is 17.2 Å². The molecule has 1 aromatic carbocycles. The highest BCUT2D eigenvalue weighted by Gasteiger charge is 2.27. The number of thioether (sulfide) groups is 1. The van der Waals surface area contributed by atoms with Gasteiger partial charge in [-0.25, -0.2) is 9.59 Å². The van der Waals surface area contributed by atoms with E-state index in [-0.39, 0.29) is 45.1 Å². The number of esters is 2. The van der Waals surface area contributed by atoms with Gasteiger partial charge in [0.1, 0.15) is 9.88 Å². The highest BCUT2D eigenvalue weighted by atomic mass is 32.2. The number of methoxy groups -OCH3 is 3. The number of ether oxygens (including phenoxy) is 5. The van der Waals surface area contributed by atoms with Crippen molar-refractivity contribution >= 4 is 68.3 Å². The summed E-state index contributed by atoms with van der Waals surface area (Å²) in [5.74, 6) is -1.27. The first-order chi connectivity index (χ1) is 19.7. The van der Waals surface area contributed by atoms with Gasteiger partial charge in [0.25, 0.3) is 5.91 Å². The fraction of sp³-hybridized carbons (Fsp3) is 0.360. The summed E-state index contributed by atoms with van der Waals surface area (Å²) in [6.07, 6.45) is 0. The molecular weight excluding hydrogens is 596 g/mol. The molecule has 3 rings (SSSR count). The van der Waals surface area contributed by atoms with Crippen molar-refractivity contribution in [3.63, 3.8) is 0 Å². The van der Waals surface area contributed by atoms with Gasteiger partial charge >= 0.3 is 11.9 Å². The summed E-state index contributed by atoms with van der Waals surface area (Å²) in [6, 6.07) is 3.00. The highest BCUT2D eigenvalue weighted by molar-refractivity contribution is 8.01. The second-order valence-corrected chi connectivity index (χ2v) is 11.0. The average molecular weight is 625 g/mol. The Morgan fingerprint density at radius 2 is 1.51 bits per heavy atom. The fourth-order valence-corrected chi connectivity index (χ4v) is 6.08. The van der Waals surface area contributed by atoms with Gasteiger partial charge in [-0.2, -0.15) is 0 Å². The minimum Gasteiger partial charge on any atom is -0.493 e. The van der Waals surface area contributed by atoms with Gasteiger partial charge in [0, 0.05) is 5.56 Å². The molecule has 0 bridgehead atoms. The van der Waals surface area contributed by atoms with Crippen molar-refractivity contribution in [1.29, 1.82) is 0 Å². The van der Waals surface area contributed by atoms with Crippen LogP contribution in [0.5, 0.6) is 17.2 Å². The Balaban J connectivity index is 1.67. The Morgan fingerprint density at radius 3 is 2.10 bits per heavy atom. The van der Waals surface area contributed by atoms with Crippen molar-refractivity contribution in [2.24, 2.45) is 0 Å². The Morgan fingerprint density at radius 1 is 0.878 bits per heavy atom. The number of rotatable bonds is 13. The van der Waals surface area contributed by atoms with E-state index in [0.29, 0.717) is 27.2 Å². The highest BCUT2D eigenvalue weighted by Crippen LogP contribution is 2.39. The Kier molecular flexibility index (Phi) is 11.3. The maximum atomic E-state index is 12.8. The number of benzene rings is 1. The molecule has 0 saturated heterocycles. The number of aromatic nitrogens is 2. The van der Waals surface area contributed by atoms with E-state index in [2.05, 4.69) is 20.8 Å². The molecule has 16 heteroatoms. The van der Waals surface area contributed by atoms with Crippen LogP contribution in [0.1, 0.15) is 49.8 Å². The second kappa shape index (κ2) is 14.7. The van der Waals surface area contributed by atoms with Gasteiger partial charge in [-0.05, 0) is 38.5 Å². The van der Waals surface area contributed by atoms with Crippen molar-refractivity contribution in [3.05, 3.63) is 33.7 Å². The molecular formula is C25H28N4O9S3. The Labute approximate surface area is 247 Å². The quantitative estimate of drug-likeness (QED) is 0.158. The zero-order valence-corrected chi connectivity index (χ0v) is 25.5. The van der Waals surface area contributed by atoms with Gasteiger partial charge in [0.05, 0.1) is 45.9 Å². The molecule has 0 unspecified atom stereocenters. The van der Waals surface area contributed by atoms with Crippen molar-refractivity contribution in [1.82, 2.24) is 10.2 Å². The molecule has 0 atom stereocenters. The van der Waals surface area contributed by atoms with Gasteiger partial charge in [-0.3, -0.25) is 14.9 Å². The normalized spacial score (nSPS) is 10.5. The fourth-order valence-electron chi connectivity index (χ4n) is 3.43. The van der Waals surface area contributed by atoms with E-state index in [1.54, 1.807) is 20.8 Å². The SMILES string of the molecule is CCOC(=O)c1sc(NC(=O)CSc2nnc(NC(=O)c3cc(OC)c(OC)c(OC)c3)s2)c(C(=O)OCC)c1C. The summed E-state index contributed by atoms with van der Waals surface area (Å²) in [7, 11) is 4.35. The summed E-state index contributed by atoms with van der Waals surface area (Å²) in [5, 5.41) is 13.7. The van der Waals surface area contributed by atoms with Crippen molar-refractivity contribution < 1.29 is 42.9 Å². The van der Waals surface area contributed by atoms with Crippen LogP contribution in [0.25, 0.3) is 0 Å². The first-order valence-corrected chi connectivity index (χ1v) is 14.6. The molecule has 220 valence electrons. The number of thiophene rings is 1. The average Bonchev–Trinajstić information content (AvgIpc) is 3.54. The van der Waals surface area contributed by atoms with E-state index < -0.39 is 23.8 Å².